The summed E-state index contributed by atoms with van der Waals surface area (Å²) in [6.45, 7) is 2.81. The summed E-state index contributed by atoms with van der Waals surface area (Å²) in [6, 6.07) is 15.3. The number of nitrogens with zero attached hydrogens (tertiary/aromatic N) is 1. The molecule has 124 valence electrons. The number of hydrogen-bond acceptors (Lipinski definition) is 3. The summed E-state index contributed by atoms with van der Waals surface area (Å²) in [5.41, 5.74) is 2.25. The fraction of sp³-hybridized carbons (Fsp3) is 0.294. The van der Waals surface area contributed by atoms with Gasteiger partial charge in [0.2, 0.25) is 10.0 Å². The average Bonchev–Trinajstić information content (AvgIpc) is 2.52. The third-order valence-electron chi connectivity index (χ3n) is 3.66. The molecule has 1 unspecified atom stereocenters. The van der Waals surface area contributed by atoms with Crippen LogP contribution in [0.25, 0.3) is 0 Å². The SMILES string of the molecule is CC(NCc1cccc(Br)c1)c1ccc(S(=O)(=O)N(C)C)cc1. The third kappa shape index (κ3) is 4.64. The van der Waals surface area contributed by atoms with E-state index in [1.807, 2.05) is 24.3 Å². The van der Waals surface area contributed by atoms with E-state index in [1.165, 1.54) is 24.0 Å². The molecule has 6 heteroatoms. The lowest BCUT2D eigenvalue weighted by atomic mass is 10.1. The van der Waals surface area contributed by atoms with Gasteiger partial charge in [0.05, 0.1) is 4.90 Å². The molecule has 0 amide bonds. The highest BCUT2D eigenvalue weighted by molar-refractivity contribution is 9.10. The highest BCUT2D eigenvalue weighted by atomic mass is 79.9. The molecule has 1 N–H and O–H groups in total. The van der Waals surface area contributed by atoms with Gasteiger partial charge in [0, 0.05) is 31.2 Å². The molecular weight excluding hydrogens is 376 g/mol. The number of benzene rings is 2. The van der Waals surface area contributed by atoms with Crippen molar-refractivity contribution in [3.63, 3.8) is 0 Å². The van der Waals surface area contributed by atoms with Crippen molar-refractivity contribution in [2.45, 2.75) is 24.4 Å². The first-order valence-electron chi connectivity index (χ1n) is 7.31. The van der Waals surface area contributed by atoms with Crippen LogP contribution in [0.1, 0.15) is 24.1 Å². The maximum Gasteiger partial charge on any atom is 0.242 e. The van der Waals surface area contributed by atoms with Gasteiger partial charge in [-0.25, -0.2) is 12.7 Å². The Balaban J connectivity index is 2.04. The topological polar surface area (TPSA) is 49.4 Å². The molecule has 2 aromatic rings. The van der Waals surface area contributed by atoms with E-state index in [1.54, 1.807) is 12.1 Å². The highest BCUT2D eigenvalue weighted by Crippen LogP contribution is 2.19. The second-order valence-corrected chi connectivity index (χ2v) is 8.66. The van der Waals surface area contributed by atoms with Crippen LogP contribution in [-0.4, -0.2) is 26.8 Å². The molecule has 0 aliphatic carbocycles. The molecular formula is C17H21BrN2O2S. The number of halogens is 1. The summed E-state index contributed by atoms with van der Waals surface area (Å²) in [5, 5.41) is 3.44. The number of nitrogens with one attached hydrogen (secondary N) is 1. The molecule has 2 rings (SSSR count). The monoisotopic (exact) mass is 396 g/mol. The fourth-order valence-electron chi connectivity index (χ4n) is 2.18. The zero-order valence-corrected chi connectivity index (χ0v) is 15.9. The van der Waals surface area contributed by atoms with Crippen LogP contribution in [0.5, 0.6) is 0 Å². The molecule has 0 heterocycles. The normalized spacial score (nSPS) is 13.3. The molecule has 0 radical (unpaired) electrons. The van der Waals surface area contributed by atoms with Crippen LogP contribution in [0, 0.1) is 0 Å². The van der Waals surface area contributed by atoms with Gasteiger partial charge in [-0.15, -0.1) is 0 Å². The first kappa shape index (κ1) is 18.1. The van der Waals surface area contributed by atoms with Crippen LogP contribution in [0.2, 0.25) is 0 Å². The van der Waals surface area contributed by atoms with Crippen LogP contribution in [0.4, 0.5) is 0 Å². The quantitative estimate of drug-likeness (QED) is 0.811. The van der Waals surface area contributed by atoms with Crippen LogP contribution in [0.15, 0.2) is 57.9 Å². The van der Waals surface area contributed by atoms with Gasteiger partial charge < -0.3 is 5.32 Å². The van der Waals surface area contributed by atoms with Crippen LogP contribution < -0.4 is 5.32 Å². The third-order valence-corrected chi connectivity index (χ3v) is 5.98. The zero-order chi connectivity index (χ0) is 17.0. The average molecular weight is 397 g/mol. The molecule has 0 saturated carbocycles. The summed E-state index contributed by atoms with van der Waals surface area (Å²) in [4.78, 5) is 0.311. The Morgan fingerprint density at radius 3 is 2.35 bits per heavy atom. The summed E-state index contributed by atoms with van der Waals surface area (Å²) in [7, 11) is -0.305. The first-order chi connectivity index (χ1) is 10.8. The van der Waals surface area contributed by atoms with E-state index < -0.39 is 10.0 Å². The Kier molecular flexibility index (Phi) is 5.97. The van der Waals surface area contributed by atoms with E-state index in [2.05, 4.69) is 40.3 Å². The van der Waals surface area contributed by atoms with E-state index in [4.69, 9.17) is 0 Å². The van der Waals surface area contributed by atoms with Crippen LogP contribution in [-0.2, 0) is 16.6 Å². The van der Waals surface area contributed by atoms with Crippen LogP contribution in [0.3, 0.4) is 0 Å². The Morgan fingerprint density at radius 2 is 1.78 bits per heavy atom. The van der Waals surface area contributed by atoms with E-state index in [-0.39, 0.29) is 6.04 Å². The van der Waals surface area contributed by atoms with Gasteiger partial charge in [0.15, 0.2) is 0 Å². The predicted molar refractivity (Wildman–Crippen MR) is 96.7 cm³/mol. The van der Waals surface area contributed by atoms with Crippen molar-refractivity contribution in [3.05, 3.63) is 64.1 Å². The zero-order valence-electron chi connectivity index (χ0n) is 13.5. The largest absolute Gasteiger partial charge is 0.306 e. The van der Waals surface area contributed by atoms with Crippen molar-refractivity contribution in [1.29, 1.82) is 0 Å². The van der Waals surface area contributed by atoms with Gasteiger partial charge in [-0.1, -0.05) is 40.2 Å². The molecule has 2 aromatic carbocycles. The van der Waals surface area contributed by atoms with Gasteiger partial charge in [-0.2, -0.15) is 0 Å². The van der Waals surface area contributed by atoms with Crippen molar-refractivity contribution in [2.24, 2.45) is 0 Å². The molecule has 23 heavy (non-hydrogen) atoms. The summed E-state index contributed by atoms with van der Waals surface area (Å²) < 4.78 is 26.4. The maximum atomic E-state index is 12.1. The highest BCUT2D eigenvalue weighted by Gasteiger charge is 2.17. The van der Waals surface area contributed by atoms with Gasteiger partial charge in [-0.3, -0.25) is 0 Å². The fourth-order valence-corrected chi connectivity index (χ4v) is 3.52. The minimum Gasteiger partial charge on any atom is -0.306 e. The standard InChI is InChI=1S/C17H21BrN2O2S/c1-13(19-12-14-5-4-6-16(18)11-14)15-7-9-17(10-8-15)23(21,22)20(2)3/h4-11,13,19H,12H2,1-3H3. The van der Waals surface area contributed by atoms with Gasteiger partial charge in [-0.05, 0) is 42.3 Å². The second-order valence-electron chi connectivity index (χ2n) is 5.59. The number of rotatable bonds is 6. The summed E-state index contributed by atoms with van der Waals surface area (Å²) in [6.07, 6.45) is 0. The summed E-state index contributed by atoms with van der Waals surface area (Å²) in [5.74, 6) is 0. The predicted octanol–water partition coefficient (Wildman–Crippen LogP) is 3.55. The van der Waals surface area contributed by atoms with Gasteiger partial charge in [0.1, 0.15) is 0 Å². The minimum atomic E-state index is -3.37. The maximum absolute atomic E-state index is 12.1. The Labute approximate surface area is 146 Å². The molecule has 0 aliphatic heterocycles. The van der Waals surface area contributed by atoms with Crippen molar-refractivity contribution < 1.29 is 8.42 Å². The Morgan fingerprint density at radius 1 is 1.13 bits per heavy atom. The molecule has 0 aromatic heterocycles. The van der Waals surface area contributed by atoms with Crippen molar-refractivity contribution in [2.75, 3.05) is 14.1 Å². The first-order valence-corrected chi connectivity index (χ1v) is 9.54. The lowest BCUT2D eigenvalue weighted by Crippen LogP contribution is -2.22. The molecule has 0 spiro atoms. The van der Waals surface area contributed by atoms with E-state index in [0.29, 0.717) is 4.90 Å². The van der Waals surface area contributed by atoms with Crippen molar-refractivity contribution in [3.8, 4) is 0 Å². The van der Waals surface area contributed by atoms with Gasteiger partial charge >= 0.3 is 0 Å². The summed E-state index contributed by atoms with van der Waals surface area (Å²) >= 11 is 3.46. The van der Waals surface area contributed by atoms with E-state index in [9.17, 15) is 8.42 Å². The number of sulfonamides is 1. The van der Waals surface area contributed by atoms with Crippen molar-refractivity contribution in [1.82, 2.24) is 9.62 Å². The Hall–Kier alpha value is -1.21. The lowest BCUT2D eigenvalue weighted by Gasteiger charge is -2.16. The lowest BCUT2D eigenvalue weighted by molar-refractivity contribution is 0.520. The smallest absolute Gasteiger partial charge is 0.242 e. The Bertz CT molecular complexity index is 758. The minimum absolute atomic E-state index is 0.130. The molecule has 1 atom stereocenters. The molecule has 0 aliphatic rings. The molecule has 0 fully saturated rings. The van der Waals surface area contributed by atoms with Crippen molar-refractivity contribution >= 4 is 26.0 Å². The second kappa shape index (κ2) is 7.57. The van der Waals surface area contributed by atoms with E-state index in [0.717, 1.165) is 16.6 Å². The molecule has 0 saturated heterocycles. The van der Waals surface area contributed by atoms with Gasteiger partial charge in [0.25, 0.3) is 0 Å². The van der Waals surface area contributed by atoms with Crippen LogP contribution >= 0.6 is 15.9 Å². The molecule has 4 nitrogen and oxygen atoms in total. The number of hydrogen-bond donors (Lipinski definition) is 1. The molecule has 0 bridgehead atoms. The van der Waals surface area contributed by atoms with E-state index >= 15 is 0 Å².